The highest BCUT2D eigenvalue weighted by atomic mass is 16.2. The van der Waals surface area contributed by atoms with Crippen molar-refractivity contribution in [2.75, 3.05) is 22.5 Å². The summed E-state index contributed by atoms with van der Waals surface area (Å²) in [5.41, 5.74) is 11.0. The van der Waals surface area contributed by atoms with Crippen LogP contribution < -0.4 is 16.0 Å². The number of benzene rings is 2. The molecule has 1 aromatic heterocycles. The lowest BCUT2D eigenvalue weighted by molar-refractivity contribution is -0.116. The molecular formula is C23H25N5O2. The number of nitrogens with zero attached hydrogens (tertiary/aromatic N) is 3. The Labute approximate surface area is 176 Å². The minimum atomic E-state index is -0.0790. The first-order chi connectivity index (χ1) is 14.4. The molecule has 0 unspecified atom stereocenters. The number of fused-ring (bicyclic) bond motifs is 1. The molecule has 30 heavy (non-hydrogen) atoms. The Morgan fingerprint density at radius 2 is 1.77 bits per heavy atom. The lowest BCUT2D eigenvalue weighted by Gasteiger charge is -2.29. The highest BCUT2D eigenvalue weighted by Crippen LogP contribution is 2.32. The van der Waals surface area contributed by atoms with Gasteiger partial charge in [-0.3, -0.25) is 9.59 Å². The summed E-state index contributed by atoms with van der Waals surface area (Å²) < 4.78 is 0. The second-order valence-corrected chi connectivity index (χ2v) is 7.05. The van der Waals surface area contributed by atoms with Crippen molar-refractivity contribution in [3.05, 3.63) is 66.7 Å². The highest BCUT2D eigenvalue weighted by Gasteiger charge is 2.20. The second-order valence-electron chi connectivity index (χ2n) is 7.05. The molecule has 0 spiro atoms. The first-order valence-electron chi connectivity index (χ1n) is 9.73. The van der Waals surface area contributed by atoms with Crippen LogP contribution in [0, 0.1) is 0 Å². The maximum atomic E-state index is 11.7. The van der Waals surface area contributed by atoms with E-state index in [1.165, 1.54) is 18.8 Å². The Balaban J connectivity index is 0.000000310. The van der Waals surface area contributed by atoms with E-state index in [-0.39, 0.29) is 11.8 Å². The molecule has 3 aromatic rings. The van der Waals surface area contributed by atoms with Gasteiger partial charge in [0.05, 0.1) is 18.1 Å². The lowest BCUT2D eigenvalue weighted by atomic mass is 9.96. The Hall–Kier alpha value is -3.74. The van der Waals surface area contributed by atoms with Crippen LogP contribution in [0.15, 0.2) is 61.2 Å². The first-order valence-corrected chi connectivity index (χ1v) is 9.73. The predicted molar refractivity (Wildman–Crippen MR) is 119 cm³/mol. The Bertz CT molecular complexity index is 1040. The van der Waals surface area contributed by atoms with E-state index in [0.717, 1.165) is 41.9 Å². The van der Waals surface area contributed by atoms with Crippen LogP contribution in [0.4, 0.5) is 17.1 Å². The summed E-state index contributed by atoms with van der Waals surface area (Å²) in [6.07, 6.45) is 6.51. The minimum absolute atomic E-state index is 0.0790. The van der Waals surface area contributed by atoms with Crippen LogP contribution in [0.2, 0.25) is 0 Å². The second kappa shape index (κ2) is 9.65. The number of aryl methyl sites for hydroxylation is 1. The monoisotopic (exact) mass is 403 g/mol. The molecule has 0 saturated heterocycles. The molecule has 2 amide bonds. The Kier molecular flexibility index (Phi) is 6.75. The SMILES string of the molecule is CC(=O)Nc1cccc(-c2ccc3c(c2)CCCN3C(C)=O)c1.Nc1cncnc1. The molecule has 0 atom stereocenters. The maximum absolute atomic E-state index is 11.7. The molecule has 2 heterocycles. The van der Waals surface area contributed by atoms with E-state index in [9.17, 15) is 9.59 Å². The molecule has 7 heteroatoms. The molecule has 1 aliphatic heterocycles. The van der Waals surface area contributed by atoms with E-state index in [2.05, 4.69) is 21.4 Å². The van der Waals surface area contributed by atoms with Gasteiger partial charge < -0.3 is 16.0 Å². The van der Waals surface area contributed by atoms with Gasteiger partial charge in [-0.15, -0.1) is 0 Å². The van der Waals surface area contributed by atoms with E-state index in [4.69, 9.17) is 5.73 Å². The minimum Gasteiger partial charge on any atom is -0.396 e. The van der Waals surface area contributed by atoms with Crippen LogP contribution in [-0.2, 0) is 16.0 Å². The fourth-order valence-electron chi connectivity index (χ4n) is 3.39. The van der Waals surface area contributed by atoms with Gasteiger partial charge in [0, 0.05) is 31.8 Å². The fraction of sp³-hybridized carbons (Fsp3) is 0.217. The van der Waals surface area contributed by atoms with Crippen molar-refractivity contribution in [3.63, 3.8) is 0 Å². The number of aromatic nitrogens is 2. The van der Waals surface area contributed by atoms with E-state index in [0.29, 0.717) is 5.69 Å². The number of hydrogen-bond acceptors (Lipinski definition) is 5. The molecule has 1 aliphatic rings. The van der Waals surface area contributed by atoms with E-state index < -0.39 is 0 Å². The molecule has 0 saturated carbocycles. The molecule has 154 valence electrons. The maximum Gasteiger partial charge on any atom is 0.223 e. The number of nitrogen functional groups attached to an aromatic ring is 1. The molecule has 3 N–H and O–H groups in total. The van der Waals surface area contributed by atoms with Crippen LogP contribution >= 0.6 is 0 Å². The van der Waals surface area contributed by atoms with Crippen molar-refractivity contribution in [2.24, 2.45) is 0 Å². The summed E-state index contributed by atoms with van der Waals surface area (Å²) in [5, 5.41) is 2.81. The largest absolute Gasteiger partial charge is 0.396 e. The quantitative estimate of drug-likeness (QED) is 0.680. The number of rotatable bonds is 2. The molecule has 0 radical (unpaired) electrons. The standard InChI is InChI=1S/C19H20N2O2.C4H5N3/c1-13(22)20-18-7-3-5-15(12-18)16-8-9-19-17(11-16)6-4-10-21(19)14(2)23;5-4-1-6-3-7-2-4/h3,5,7-9,11-12H,4,6,10H2,1-2H3,(H,20,22);1-3H,5H2. The van der Waals surface area contributed by atoms with Crippen LogP contribution in [0.5, 0.6) is 0 Å². The smallest absolute Gasteiger partial charge is 0.223 e. The number of carbonyl (C=O) groups is 2. The third kappa shape index (κ3) is 5.41. The van der Waals surface area contributed by atoms with Gasteiger partial charge in [-0.1, -0.05) is 18.2 Å². The summed E-state index contributed by atoms with van der Waals surface area (Å²) in [5.74, 6) is 0.0102. The van der Waals surface area contributed by atoms with Crippen LogP contribution in [0.3, 0.4) is 0 Å². The summed E-state index contributed by atoms with van der Waals surface area (Å²) in [6, 6.07) is 14.0. The van der Waals surface area contributed by atoms with Gasteiger partial charge in [0.15, 0.2) is 0 Å². The molecule has 4 rings (SSSR count). The molecule has 0 fully saturated rings. The topological polar surface area (TPSA) is 101 Å². The van der Waals surface area contributed by atoms with Gasteiger partial charge in [0.2, 0.25) is 11.8 Å². The van der Waals surface area contributed by atoms with Gasteiger partial charge in [-0.25, -0.2) is 9.97 Å². The van der Waals surface area contributed by atoms with Gasteiger partial charge in [0.25, 0.3) is 0 Å². The predicted octanol–water partition coefficient (Wildman–Crippen LogP) is 3.67. The highest BCUT2D eigenvalue weighted by molar-refractivity contribution is 5.93. The van der Waals surface area contributed by atoms with Gasteiger partial charge in [-0.05, 0) is 53.8 Å². The number of anilines is 3. The molecule has 0 bridgehead atoms. The number of hydrogen-bond donors (Lipinski definition) is 2. The zero-order valence-electron chi connectivity index (χ0n) is 17.1. The van der Waals surface area contributed by atoms with Crippen molar-refractivity contribution in [2.45, 2.75) is 26.7 Å². The molecule has 7 nitrogen and oxygen atoms in total. The number of nitrogens with two attached hydrogens (primary N) is 1. The van der Waals surface area contributed by atoms with E-state index in [1.54, 1.807) is 19.3 Å². The van der Waals surface area contributed by atoms with E-state index in [1.807, 2.05) is 41.3 Å². The summed E-state index contributed by atoms with van der Waals surface area (Å²) in [6.45, 7) is 3.90. The molecule has 2 aromatic carbocycles. The third-order valence-corrected chi connectivity index (χ3v) is 4.68. The summed E-state index contributed by atoms with van der Waals surface area (Å²) in [4.78, 5) is 32.1. The van der Waals surface area contributed by atoms with Crippen molar-refractivity contribution >= 4 is 28.9 Å². The lowest BCUT2D eigenvalue weighted by Crippen LogP contribution is -2.33. The number of carbonyl (C=O) groups excluding carboxylic acids is 2. The van der Waals surface area contributed by atoms with Crippen molar-refractivity contribution in [3.8, 4) is 11.1 Å². The van der Waals surface area contributed by atoms with Crippen molar-refractivity contribution < 1.29 is 9.59 Å². The van der Waals surface area contributed by atoms with Crippen molar-refractivity contribution in [1.82, 2.24) is 9.97 Å². The van der Waals surface area contributed by atoms with Crippen LogP contribution in [0.25, 0.3) is 11.1 Å². The van der Waals surface area contributed by atoms with Crippen LogP contribution in [-0.4, -0.2) is 28.3 Å². The fourth-order valence-corrected chi connectivity index (χ4v) is 3.39. The zero-order chi connectivity index (χ0) is 21.5. The number of amides is 2. The average molecular weight is 403 g/mol. The summed E-state index contributed by atoms with van der Waals surface area (Å²) >= 11 is 0. The molecule has 0 aliphatic carbocycles. The zero-order valence-corrected chi connectivity index (χ0v) is 17.1. The third-order valence-electron chi connectivity index (χ3n) is 4.68. The van der Waals surface area contributed by atoms with Crippen LogP contribution in [0.1, 0.15) is 25.8 Å². The summed E-state index contributed by atoms with van der Waals surface area (Å²) in [7, 11) is 0. The normalized spacial score (nSPS) is 12.3. The Morgan fingerprint density at radius 1 is 1.03 bits per heavy atom. The van der Waals surface area contributed by atoms with Gasteiger partial charge >= 0.3 is 0 Å². The van der Waals surface area contributed by atoms with Gasteiger partial charge in [0.1, 0.15) is 6.33 Å². The average Bonchev–Trinajstić information content (AvgIpc) is 2.73. The molecular weight excluding hydrogens is 378 g/mol. The first kappa shape index (κ1) is 21.0. The van der Waals surface area contributed by atoms with E-state index >= 15 is 0 Å². The van der Waals surface area contributed by atoms with Gasteiger partial charge in [-0.2, -0.15) is 0 Å². The number of nitrogens with one attached hydrogen (secondary N) is 1. The Morgan fingerprint density at radius 3 is 2.40 bits per heavy atom. The van der Waals surface area contributed by atoms with Crippen molar-refractivity contribution in [1.29, 1.82) is 0 Å².